The Kier molecular flexibility index (Phi) is 5.29. The summed E-state index contributed by atoms with van der Waals surface area (Å²) in [6.45, 7) is 2.48. The Labute approximate surface area is 184 Å². The molecule has 0 radical (unpaired) electrons. The first-order valence-corrected chi connectivity index (χ1v) is 10.3. The number of amides is 1. The van der Waals surface area contributed by atoms with Crippen LogP contribution in [0.2, 0.25) is 0 Å². The molecule has 0 aliphatic carbocycles. The second kappa shape index (κ2) is 8.54. The van der Waals surface area contributed by atoms with E-state index >= 15 is 0 Å². The van der Waals surface area contributed by atoms with Crippen molar-refractivity contribution in [2.75, 3.05) is 43.5 Å². The highest BCUT2D eigenvalue weighted by molar-refractivity contribution is 5.97. The van der Waals surface area contributed by atoms with Gasteiger partial charge in [0.2, 0.25) is 0 Å². The summed E-state index contributed by atoms with van der Waals surface area (Å²) in [6.07, 6.45) is 3.44. The van der Waals surface area contributed by atoms with Crippen molar-refractivity contribution in [3.63, 3.8) is 0 Å². The molecule has 0 atom stereocenters. The van der Waals surface area contributed by atoms with Crippen LogP contribution >= 0.6 is 0 Å². The Morgan fingerprint density at radius 1 is 1.06 bits per heavy atom. The molecule has 0 saturated carbocycles. The number of rotatable bonds is 5. The summed E-state index contributed by atoms with van der Waals surface area (Å²) in [5.74, 6) is 2.25. The van der Waals surface area contributed by atoms with E-state index in [2.05, 4.69) is 25.4 Å². The first-order chi connectivity index (χ1) is 15.7. The van der Waals surface area contributed by atoms with Crippen molar-refractivity contribution in [2.45, 2.75) is 0 Å². The highest BCUT2D eigenvalue weighted by atomic mass is 16.5. The van der Waals surface area contributed by atoms with Crippen molar-refractivity contribution in [1.29, 1.82) is 0 Å². The Morgan fingerprint density at radius 2 is 1.94 bits per heavy atom. The van der Waals surface area contributed by atoms with Crippen LogP contribution in [0, 0.1) is 0 Å². The van der Waals surface area contributed by atoms with Gasteiger partial charge >= 0.3 is 0 Å². The Balaban J connectivity index is 1.22. The average Bonchev–Trinajstić information content (AvgIpc) is 3.29. The number of aromatic nitrogens is 3. The van der Waals surface area contributed by atoms with E-state index in [-0.39, 0.29) is 5.91 Å². The van der Waals surface area contributed by atoms with E-state index in [4.69, 9.17) is 9.15 Å². The van der Waals surface area contributed by atoms with Crippen molar-refractivity contribution in [1.82, 2.24) is 20.1 Å². The highest BCUT2D eigenvalue weighted by Gasteiger charge is 2.25. The number of benzene rings is 1. The number of furan rings is 1. The summed E-state index contributed by atoms with van der Waals surface area (Å²) >= 11 is 0. The van der Waals surface area contributed by atoms with Crippen LogP contribution in [-0.4, -0.2) is 59.3 Å². The Hall–Kier alpha value is -4.14. The normalized spacial score (nSPS) is 13.9. The van der Waals surface area contributed by atoms with E-state index in [1.54, 1.807) is 30.5 Å². The number of anilines is 3. The summed E-state index contributed by atoms with van der Waals surface area (Å²) in [5, 5.41) is 12.6. The molecular formula is C23H22N6O3. The van der Waals surface area contributed by atoms with Crippen LogP contribution in [0.3, 0.4) is 0 Å². The van der Waals surface area contributed by atoms with Gasteiger partial charge in [-0.1, -0.05) is 12.1 Å². The maximum absolute atomic E-state index is 13.0. The number of carbonyl (C=O) groups is 1. The number of ether oxygens (including phenoxy) is 1. The fourth-order valence-electron chi connectivity index (χ4n) is 3.74. The van der Waals surface area contributed by atoms with Crippen LogP contribution in [0.5, 0.6) is 5.75 Å². The quantitative estimate of drug-likeness (QED) is 0.515. The number of fused-ring (bicyclic) bond motifs is 1. The summed E-state index contributed by atoms with van der Waals surface area (Å²) in [4.78, 5) is 20.9. The molecule has 0 spiro atoms. The van der Waals surface area contributed by atoms with Gasteiger partial charge in [0.05, 0.1) is 19.0 Å². The van der Waals surface area contributed by atoms with Crippen LogP contribution in [0.15, 0.2) is 65.3 Å². The van der Waals surface area contributed by atoms with E-state index in [1.165, 1.54) is 0 Å². The maximum atomic E-state index is 13.0. The smallest absolute Gasteiger partial charge is 0.289 e. The molecule has 1 saturated heterocycles. The van der Waals surface area contributed by atoms with Gasteiger partial charge in [-0.05, 0) is 36.4 Å². The monoisotopic (exact) mass is 430 g/mol. The summed E-state index contributed by atoms with van der Waals surface area (Å²) in [7, 11) is 1.59. The molecule has 9 heteroatoms. The zero-order valence-electron chi connectivity index (χ0n) is 17.6. The van der Waals surface area contributed by atoms with Crippen LogP contribution < -0.4 is 15.0 Å². The standard InChI is InChI=1S/C23H22N6O3/c1-31-18-6-2-4-16-14-19(32-22(16)18)23(30)29-12-10-28(11-13-29)21-8-7-20(26-27-21)25-17-5-3-9-24-15-17/h2-9,14-15H,10-13H2,1H3,(H,25,26). The molecule has 5 rings (SSSR count). The molecule has 1 aromatic carbocycles. The van der Waals surface area contributed by atoms with Gasteiger partial charge in [0.1, 0.15) is 0 Å². The number of piperazine rings is 1. The zero-order chi connectivity index (χ0) is 21.9. The number of nitrogens with one attached hydrogen (secondary N) is 1. The molecule has 4 heterocycles. The minimum absolute atomic E-state index is 0.120. The first kappa shape index (κ1) is 19.8. The Bertz CT molecular complexity index is 1220. The summed E-state index contributed by atoms with van der Waals surface area (Å²) in [6, 6.07) is 14.9. The van der Waals surface area contributed by atoms with Gasteiger partial charge in [-0.2, -0.15) is 0 Å². The van der Waals surface area contributed by atoms with Gasteiger partial charge in [0.15, 0.2) is 28.7 Å². The molecule has 4 aromatic rings. The SMILES string of the molecule is COc1cccc2cc(C(=O)N3CCN(c4ccc(Nc5cccnc5)nn4)CC3)oc12. The number of hydrogen-bond donors (Lipinski definition) is 1. The predicted molar refractivity (Wildman–Crippen MR) is 120 cm³/mol. The predicted octanol–water partition coefficient (Wildman–Crippen LogP) is 3.33. The molecule has 1 fully saturated rings. The first-order valence-electron chi connectivity index (χ1n) is 10.3. The van der Waals surface area contributed by atoms with E-state index < -0.39 is 0 Å². The minimum atomic E-state index is -0.120. The molecule has 1 aliphatic heterocycles. The minimum Gasteiger partial charge on any atom is -0.493 e. The number of methoxy groups -OCH3 is 1. The van der Waals surface area contributed by atoms with E-state index in [0.717, 1.165) is 16.9 Å². The van der Waals surface area contributed by atoms with E-state index in [1.807, 2.05) is 42.5 Å². The summed E-state index contributed by atoms with van der Waals surface area (Å²) in [5.41, 5.74) is 1.44. The molecule has 3 aromatic heterocycles. The van der Waals surface area contributed by atoms with Crippen LogP contribution in [0.4, 0.5) is 17.3 Å². The molecule has 1 aliphatic rings. The number of pyridine rings is 1. The molecule has 0 bridgehead atoms. The van der Waals surface area contributed by atoms with Crippen LogP contribution in [-0.2, 0) is 0 Å². The number of nitrogens with zero attached hydrogens (tertiary/aromatic N) is 5. The third-order valence-corrected chi connectivity index (χ3v) is 5.41. The highest BCUT2D eigenvalue weighted by Crippen LogP contribution is 2.29. The van der Waals surface area contributed by atoms with Gasteiger partial charge in [-0.15, -0.1) is 10.2 Å². The van der Waals surface area contributed by atoms with Crippen LogP contribution in [0.25, 0.3) is 11.0 Å². The molecule has 1 amide bonds. The van der Waals surface area contributed by atoms with Crippen molar-refractivity contribution in [2.24, 2.45) is 0 Å². The maximum Gasteiger partial charge on any atom is 0.289 e. The summed E-state index contributed by atoms with van der Waals surface area (Å²) < 4.78 is 11.1. The lowest BCUT2D eigenvalue weighted by Crippen LogP contribution is -2.49. The van der Waals surface area contributed by atoms with Crippen molar-refractivity contribution >= 4 is 34.2 Å². The van der Waals surface area contributed by atoms with Crippen molar-refractivity contribution in [3.8, 4) is 5.75 Å². The lowest BCUT2D eigenvalue weighted by atomic mass is 10.2. The molecule has 162 valence electrons. The van der Waals surface area contributed by atoms with Crippen molar-refractivity contribution in [3.05, 3.63) is 66.7 Å². The molecule has 9 nitrogen and oxygen atoms in total. The third kappa shape index (κ3) is 3.92. The zero-order valence-corrected chi connectivity index (χ0v) is 17.6. The van der Waals surface area contributed by atoms with E-state index in [0.29, 0.717) is 49.1 Å². The van der Waals surface area contributed by atoms with Crippen LogP contribution in [0.1, 0.15) is 10.6 Å². The Morgan fingerprint density at radius 3 is 2.66 bits per heavy atom. The molecule has 32 heavy (non-hydrogen) atoms. The fraction of sp³-hybridized carbons (Fsp3) is 0.217. The topological polar surface area (TPSA) is 96.6 Å². The lowest BCUT2D eigenvalue weighted by molar-refractivity contribution is 0.0716. The average molecular weight is 430 g/mol. The number of hydrogen-bond acceptors (Lipinski definition) is 8. The number of carbonyl (C=O) groups excluding carboxylic acids is 1. The van der Waals surface area contributed by atoms with Gasteiger partial charge in [0.25, 0.3) is 5.91 Å². The van der Waals surface area contributed by atoms with Gasteiger partial charge < -0.3 is 24.3 Å². The third-order valence-electron chi connectivity index (χ3n) is 5.41. The van der Waals surface area contributed by atoms with Gasteiger partial charge in [0, 0.05) is 37.8 Å². The second-order valence-corrected chi connectivity index (χ2v) is 7.41. The van der Waals surface area contributed by atoms with Gasteiger partial charge in [-0.25, -0.2) is 0 Å². The molecular weight excluding hydrogens is 408 g/mol. The number of para-hydroxylation sites is 1. The molecule has 1 N–H and O–H groups in total. The van der Waals surface area contributed by atoms with Gasteiger partial charge in [-0.3, -0.25) is 9.78 Å². The largest absolute Gasteiger partial charge is 0.493 e. The lowest BCUT2D eigenvalue weighted by Gasteiger charge is -2.34. The second-order valence-electron chi connectivity index (χ2n) is 7.41. The van der Waals surface area contributed by atoms with Crippen molar-refractivity contribution < 1.29 is 13.9 Å². The van der Waals surface area contributed by atoms with E-state index in [9.17, 15) is 4.79 Å². The fourth-order valence-corrected chi connectivity index (χ4v) is 3.74. The molecule has 0 unspecified atom stereocenters.